The van der Waals surface area contributed by atoms with Crippen molar-refractivity contribution in [3.63, 3.8) is 0 Å². The van der Waals surface area contributed by atoms with Crippen LogP contribution in [0.5, 0.6) is 0 Å². The Hall–Kier alpha value is -3.28. The summed E-state index contributed by atoms with van der Waals surface area (Å²) in [5.41, 5.74) is 4.46. The Kier molecular flexibility index (Phi) is 6.32. The Bertz CT molecular complexity index is 915. The highest BCUT2D eigenvalue weighted by Gasteiger charge is 2.04. The average Bonchev–Trinajstić information content (AvgIpc) is 3.10. The summed E-state index contributed by atoms with van der Waals surface area (Å²) in [6, 6.07) is 16.2. The number of nitrogens with zero attached hydrogens (tertiary/aromatic N) is 3. The van der Waals surface area contributed by atoms with Crippen LogP contribution >= 0.6 is 0 Å². The number of amides is 2. The van der Waals surface area contributed by atoms with Crippen LogP contribution in [-0.4, -0.2) is 29.7 Å². The number of aromatic nitrogens is 2. The standard InChI is InChI=1S/C22H27N5O/c1-17-23-11-12-27(17)16-20-6-4-5-19(13-20)15-25-22(28)24-14-18-7-9-21(10-8-18)26(2)3/h4-13H,14-16H2,1-3H3,(H2,24,25,28). The molecule has 2 amide bonds. The first-order chi connectivity index (χ1) is 13.5. The molecule has 0 radical (unpaired) electrons. The fourth-order valence-electron chi connectivity index (χ4n) is 2.94. The quantitative estimate of drug-likeness (QED) is 0.664. The fraction of sp³-hybridized carbons (Fsp3) is 0.273. The zero-order valence-corrected chi connectivity index (χ0v) is 16.6. The molecule has 2 aromatic carbocycles. The number of hydrogen-bond acceptors (Lipinski definition) is 3. The van der Waals surface area contributed by atoms with Gasteiger partial charge >= 0.3 is 6.03 Å². The van der Waals surface area contributed by atoms with E-state index in [1.54, 1.807) is 6.20 Å². The van der Waals surface area contributed by atoms with Crippen molar-refractivity contribution in [2.24, 2.45) is 0 Å². The molecule has 0 spiro atoms. The fourth-order valence-corrected chi connectivity index (χ4v) is 2.94. The van der Waals surface area contributed by atoms with E-state index in [9.17, 15) is 4.79 Å². The molecule has 3 rings (SSSR count). The summed E-state index contributed by atoms with van der Waals surface area (Å²) in [6.45, 7) is 3.75. The van der Waals surface area contributed by atoms with Crippen LogP contribution in [0.3, 0.4) is 0 Å². The van der Waals surface area contributed by atoms with Crippen LogP contribution in [0.25, 0.3) is 0 Å². The first-order valence-electron chi connectivity index (χ1n) is 9.35. The number of imidazole rings is 1. The van der Waals surface area contributed by atoms with Gasteiger partial charge in [-0.3, -0.25) is 0 Å². The van der Waals surface area contributed by atoms with Crippen LogP contribution in [0.4, 0.5) is 10.5 Å². The van der Waals surface area contributed by atoms with Gasteiger partial charge in [0.25, 0.3) is 0 Å². The molecule has 0 aliphatic carbocycles. The molecule has 0 fully saturated rings. The van der Waals surface area contributed by atoms with Gasteiger partial charge in [-0.05, 0) is 35.7 Å². The number of benzene rings is 2. The molecule has 0 aliphatic rings. The monoisotopic (exact) mass is 377 g/mol. The van der Waals surface area contributed by atoms with E-state index in [0.717, 1.165) is 29.2 Å². The minimum Gasteiger partial charge on any atom is -0.378 e. The Morgan fingerprint density at radius 3 is 2.32 bits per heavy atom. The highest BCUT2D eigenvalue weighted by Crippen LogP contribution is 2.12. The van der Waals surface area contributed by atoms with Gasteiger partial charge in [0.2, 0.25) is 0 Å². The topological polar surface area (TPSA) is 62.2 Å². The summed E-state index contributed by atoms with van der Waals surface area (Å²) >= 11 is 0. The van der Waals surface area contributed by atoms with Crippen LogP contribution in [0, 0.1) is 6.92 Å². The first kappa shape index (κ1) is 19.5. The maximum absolute atomic E-state index is 12.1. The maximum Gasteiger partial charge on any atom is 0.315 e. The van der Waals surface area contributed by atoms with Crippen molar-refractivity contribution >= 4 is 11.7 Å². The molecule has 6 nitrogen and oxygen atoms in total. The highest BCUT2D eigenvalue weighted by molar-refractivity contribution is 5.73. The van der Waals surface area contributed by atoms with Crippen molar-refractivity contribution in [3.8, 4) is 0 Å². The van der Waals surface area contributed by atoms with Crippen molar-refractivity contribution < 1.29 is 4.79 Å². The van der Waals surface area contributed by atoms with Gasteiger partial charge in [0, 0.05) is 51.8 Å². The molecule has 0 bridgehead atoms. The third-order valence-electron chi connectivity index (χ3n) is 4.63. The number of carbonyl (C=O) groups is 1. The summed E-state index contributed by atoms with van der Waals surface area (Å²) in [5.74, 6) is 0.988. The van der Waals surface area contributed by atoms with E-state index in [1.165, 1.54) is 5.56 Å². The third kappa shape index (κ3) is 5.36. The molecule has 3 aromatic rings. The molecule has 2 N–H and O–H groups in total. The van der Waals surface area contributed by atoms with Gasteiger partial charge in [0.15, 0.2) is 0 Å². The van der Waals surface area contributed by atoms with Gasteiger partial charge < -0.3 is 20.1 Å². The maximum atomic E-state index is 12.1. The molecule has 0 atom stereocenters. The Morgan fingerprint density at radius 2 is 1.68 bits per heavy atom. The molecule has 6 heteroatoms. The Labute approximate surface area is 166 Å². The summed E-state index contributed by atoms with van der Waals surface area (Å²) in [6.07, 6.45) is 3.78. The number of carbonyl (C=O) groups excluding carboxylic acids is 1. The average molecular weight is 377 g/mol. The molecule has 0 unspecified atom stereocenters. The summed E-state index contributed by atoms with van der Waals surface area (Å²) < 4.78 is 2.10. The van der Waals surface area contributed by atoms with E-state index in [-0.39, 0.29) is 6.03 Å². The number of nitrogens with one attached hydrogen (secondary N) is 2. The SMILES string of the molecule is Cc1nccn1Cc1cccc(CNC(=O)NCc2ccc(N(C)C)cc2)c1. The van der Waals surface area contributed by atoms with Crippen molar-refractivity contribution in [2.75, 3.05) is 19.0 Å². The van der Waals surface area contributed by atoms with Crippen LogP contribution in [0.15, 0.2) is 60.9 Å². The van der Waals surface area contributed by atoms with E-state index in [4.69, 9.17) is 0 Å². The predicted octanol–water partition coefficient (Wildman–Crippen LogP) is 3.31. The minimum atomic E-state index is -0.174. The lowest BCUT2D eigenvalue weighted by Gasteiger charge is -2.13. The number of urea groups is 1. The number of aryl methyl sites for hydroxylation is 1. The lowest BCUT2D eigenvalue weighted by molar-refractivity contribution is 0.240. The van der Waals surface area contributed by atoms with Crippen molar-refractivity contribution in [3.05, 3.63) is 83.4 Å². The second-order valence-corrected chi connectivity index (χ2v) is 7.02. The number of rotatable bonds is 7. The van der Waals surface area contributed by atoms with Gasteiger partial charge in [-0.1, -0.05) is 36.4 Å². The predicted molar refractivity (Wildman–Crippen MR) is 112 cm³/mol. The van der Waals surface area contributed by atoms with E-state index < -0.39 is 0 Å². The van der Waals surface area contributed by atoms with Gasteiger partial charge in [-0.2, -0.15) is 0 Å². The zero-order chi connectivity index (χ0) is 19.9. The summed E-state index contributed by atoms with van der Waals surface area (Å²) in [5, 5.41) is 5.82. The summed E-state index contributed by atoms with van der Waals surface area (Å²) in [7, 11) is 4.01. The molecule has 1 heterocycles. The van der Waals surface area contributed by atoms with Gasteiger partial charge in [-0.15, -0.1) is 0 Å². The van der Waals surface area contributed by atoms with Crippen LogP contribution < -0.4 is 15.5 Å². The van der Waals surface area contributed by atoms with E-state index in [0.29, 0.717) is 13.1 Å². The molecule has 0 saturated carbocycles. The molecule has 0 aliphatic heterocycles. The smallest absolute Gasteiger partial charge is 0.315 e. The van der Waals surface area contributed by atoms with Gasteiger partial charge in [-0.25, -0.2) is 9.78 Å². The lowest BCUT2D eigenvalue weighted by Crippen LogP contribution is -2.34. The normalized spacial score (nSPS) is 10.5. The molecule has 28 heavy (non-hydrogen) atoms. The number of hydrogen-bond donors (Lipinski definition) is 2. The van der Waals surface area contributed by atoms with E-state index in [2.05, 4.69) is 32.3 Å². The van der Waals surface area contributed by atoms with E-state index in [1.807, 2.05) is 68.5 Å². The Balaban J connectivity index is 1.47. The zero-order valence-electron chi connectivity index (χ0n) is 16.6. The molecular formula is C22H27N5O. The molecule has 1 aromatic heterocycles. The first-order valence-corrected chi connectivity index (χ1v) is 9.35. The van der Waals surface area contributed by atoms with Crippen molar-refractivity contribution in [1.82, 2.24) is 20.2 Å². The highest BCUT2D eigenvalue weighted by atomic mass is 16.2. The van der Waals surface area contributed by atoms with Crippen molar-refractivity contribution in [2.45, 2.75) is 26.6 Å². The Morgan fingerprint density at radius 1 is 1.00 bits per heavy atom. The molecule has 0 saturated heterocycles. The molecule has 146 valence electrons. The van der Waals surface area contributed by atoms with Crippen molar-refractivity contribution in [1.29, 1.82) is 0 Å². The minimum absolute atomic E-state index is 0.174. The van der Waals surface area contributed by atoms with Gasteiger partial charge in [0.1, 0.15) is 5.82 Å². The molecular weight excluding hydrogens is 350 g/mol. The largest absolute Gasteiger partial charge is 0.378 e. The second-order valence-electron chi connectivity index (χ2n) is 7.02. The second kappa shape index (κ2) is 9.08. The van der Waals surface area contributed by atoms with Crippen LogP contribution in [0.1, 0.15) is 22.5 Å². The number of anilines is 1. The lowest BCUT2D eigenvalue weighted by atomic mass is 10.1. The van der Waals surface area contributed by atoms with E-state index >= 15 is 0 Å². The van der Waals surface area contributed by atoms with Crippen LogP contribution in [-0.2, 0) is 19.6 Å². The van der Waals surface area contributed by atoms with Crippen LogP contribution in [0.2, 0.25) is 0 Å². The summed E-state index contributed by atoms with van der Waals surface area (Å²) in [4.78, 5) is 18.4. The van der Waals surface area contributed by atoms with Gasteiger partial charge in [0.05, 0.1) is 0 Å². The third-order valence-corrected chi connectivity index (χ3v) is 4.63.